The number of para-hydroxylation sites is 1. The van der Waals surface area contributed by atoms with Crippen LogP contribution in [-0.4, -0.2) is 14.2 Å². The largest absolute Gasteiger partial charge is 0.494 e. The van der Waals surface area contributed by atoms with Crippen molar-refractivity contribution < 1.29 is 14.2 Å². The molecule has 0 spiro atoms. The Morgan fingerprint density at radius 3 is 2.21 bits per heavy atom. The molecular formula is C15H17NO3. The lowest BCUT2D eigenvalue weighted by Gasteiger charge is -2.14. The maximum absolute atomic E-state index is 5.97. The Balaban J connectivity index is 2.36. The van der Waals surface area contributed by atoms with Crippen LogP contribution < -0.4 is 19.9 Å². The number of nitrogen functional groups attached to an aromatic ring is 1. The van der Waals surface area contributed by atoms with E-state index in [4.69, 9.17) is 19.9 Å². The summed E-state index contributed by atoms with van der Waals surface area (Å²) in [6.45, 7) is 1.99. The summed E-state index contributed by atoms with van der Waals surface area (Å²) in [5, 5.41) is 0. The lowest BCUT2D eigenvalue weighted by molar-refractivity contribution is 0.377. The van der Waals surface area contributed by atoms with Gasteiger partial charge in [-0.15, -0.1) is 0 Å². The standard InChI is InChI=1S/C15H17NO3/c1-10-7-8-11(14(9-10)18-3)19-13-6-4-5-12(17-2)15(13)16/h4-9H,16H2,1-3H3. The Morgan fingerprint density at radius 2 is 1.53 bits per heavy atom. The third-order valence-electron chi connectivity index (χ3n) is 2.79. The van der Waals surface area contributed by atoms with Gasteiger partial charge in [-0.25, -0.2) is 0 Å². The summed E-state index contributed by atoms with van der Waals surface area (Å²) in [5.41, 5.74) is 7.54. The molecule has 2 aromatic rings. The van der Waals surface area contributed by atoms with Crippen LogP contribution in [0.1, 0.15) is 5.56 Å². The predicted octanol–water partition coefficient (Wildman–Crippen LogP) is 3.39. The van der Waals surface area contributed by atoms with Crippen molar-refractivity contribution in [3.63, 3.8) is 0 Å². The fourth-order valence-electron chi connectivity index (χ4n) is 1.77. The van der Waals surface area contributed by atoms with Gasteiger partial charge in [0.05, 0.1) is 14.2 Å². The van der Waals surface area contributed by atoms with Crippen LogP contribution in [0, 0.1) is 6.92 Å². The minimum absolute atomic E-state index is 0.465. The van der Waals surface area contributed by atoms with E-state index < -0.39 is 0 Å². The van der Waals surface area contributed by atoms with Gasteiger partial charge in [-0.05, 0) is 36.8 Å². The number of anilines is 1. The number of ether oxygens (including phenoxy) is 3. The molecule has 0 unspecified atom stereocenters. The Bertz CT molecular complexity index is 582. The van der Waals surface area contributed by atoms with Gasteiger partial charge in [0.2, 0.25) is 0 Å². The Labute approximate surface area is 112 Å². The molecule has 0 saturated carbocycles. The average molecular weight is 259 g/mol. The van der Waals surface area contributed by atoms with Crippen LogP contribution in [0.2, 0.25) is 0 Å². The van der Waals surface area contributed by atoms with Gasteiger partial charge in [0.15, 0.2) is 17.2 Å². The molecule has 2 N–H and O–H groups in total. The average Bonchev–Trinajstić information content (AvgIpc) is 2.42. The number of aryl methyl sites for hydroxylation is 1. The van der Waals surface area contributed by atoms with Crippen molar-refractivity contribution in [3.05, 3.63) is 42.0 Å². The van der Waals surface area contributed by atoms with Crippen molar-refractivity contribution in [1.82, 2.24) is 0 Å². The van der Waals surface area contributed by atoms with E-state index in [-0.39, 0.29) is 0 Å². The molecule has 0 aliphatic carbocycles. The highest BCUT2D eigenvalue weighted by atomic mass is 16.5. The second-order valence-electron chi connectivity index (χ2n) is 4.13. The minimum Gasteiger partial charge on any atom is -0.494 e. The fourth-order valence-corrected chi connectivity index (χ4v) is 1.77. The molecule has 2 aromatic carbocycles. The van der Waals surface area contributed by atoms with Gasteiger partial charge in [0.25, 0.3) is 0 Å². The molecule has 0 bridgehead atoms. The number of hydrogen-bond acceptors (Lipinski definition) is 4. The maximum Gasteiger partial charge on any atom is 0.169 e. The van der Waals surface area contributed by atoms with Gasteiger partial charge >= 0.3 is 0 Å². The van der Waals surface area contributed by atoms with E-state index in [1.807, 2.05) is 31.2 Å². The van der Waals surface area contributed by atoms with Gasteiger partial charge < -0.3 is 19.9 Å². The third kappa shape index (κ3) is 2.73. The highest BCUT2D eigenvalue weighted by Gasteiger charge is 2.10. The zero-order valence-electron chi connectivity index (χ0n) is 11.3. The van der Waals surface area contributed by atoms with Crippen LogP contribution >= 0.6 is 0 Å². The first-order valence-electron chi connectivity index (χ1n) is 5.90. The predicted molar refractivity (Wildman–Crippen MR) is 75.2 cm³/mol. The highest BCUT2D eigenvalue weighted by molar-refractivity contribution is 5.64. The van der Waals surface area contributed by atoms with E-state index >= 15 is 0 Å². The zero-order chi connectivity index (χ0) is 13.8. The van der Waals surface area contributed by atoms with E-state index in [0.717, 1.165) is 5.56 Å². The summed E-state index contributed by atoms with van der Waals surface area (Å²) in [5.74, 6) is 2.42. The zero-order valence-corrected chi connectivity index (χ0v) is 11.3. The van der Waals surface area contributed by atoms with Crippen LogP contribution in [-0.2, 0) is 0 Å². The molecule has 2 rings (SSSR count). The van der Waals surface area contributed by atoms with Crippen LogP contribution in [0.4, 0.5) is 5.69 Å². The van der Waals surface area contributed by atoms with Gasteiger partial charge in [-0.1, -0.05) is 12.1 Å². The van der Waals surface area contributed by atoms with Gasteiger partial charge in [-0.2, -0.15) is 0 Å². The van der Waals surface area contributed by atoms with Gasteiger partial charge in [0.1, 0.15) is 11.4 Å². The van der Waals surface area contributed by atoms with Crippen molar-refractivity contribution in [3.8, 4) is 23.0 Å². The van der Waals surface area contributed by atoms with E-state index in [9.17, 15) is 0 Å². The Kier molecular flexibility index (Phi) is 3.80. The monoisotopic (exact) mass is 259 g/mol. The number of rotatable bonds is 4. The smallest absolute Gasteiger partial charge is 0.169 e. The van der Waals surface area contributed by atoms with Crippen LogP contribution in [0.15, 0.2) is 36.4 Å². The number of benzene rings is 2. The summed E-state index contributed by atoms with van der Waals surface area (Å²) >= 11 is 0. The van der Waals surface area contributed by atoms with Crippen molar-refractivity contribution >= 4 is 5.69 Å². The van der Waals surface area contributed by atoms with E-state index in [2.05, 4.69) is 0 Å². The first kappa shape index (κ1) is 13.1. The Hall–Kier alpha value is -2.36. The summed E-state index contributed by atoms with van der Waals surface area (Å²) in [7, 11) is 3.18. The van der Waals surface area contributed by atoms with Crippen LogP contribution in [0.25, 0.3) is 0 Å². The number of hydrogen-bond donors (Lipinski definition) is 1. The summed E-state index contributed by atoms with van der Waals surface area (Å²) in [6.07, 6.45) is 0. The van der Waals surface area contributed by atoms with E-state index in [1.165, 1.54) is 0 Å². The lowest BCUT2D eigenvalue weighted by atomic mass is 10.2. The third-order valence-corrected chi connectivity index (χ3v) is 2.79. The second kappa shape index (κ2) is 5.52. The molecule has 0 fully saturated rings. The van der Waals surface area contributed by atoms with E-state index in [0.29, 0.717) is 28.7 Å². The van der Waals surface area contributed by atoms with Crippen LogP contribution in [0.5, 0.6) is 23.0 Å². The molecule has 4 heteroatoms. The summed E-state index contributed by atoms with van der Waals surface area (Å²) < 4.78 is 16.3. The lowest BCUT2D eigenvalue weighted by Crippen LogP contribution is -1.97. The van der Waals surface area contributed by atoms with Gasteiger partial charge in [-0.3, -0.25) is 0 Å². The summed E-state index contributed by atoms with van der Waals surface area (Å²) in [4.78, 5) is 0. The van der Waals surface area contributed by atoms with E-state index in [1.54, 1.807) is 26.4 Å². The molecule has 19 heavy (non-hydrogen) atoms. The molecule has 0 amide bonds. The molecule has 4 nitrogen and oxygen atoms in total. The molecule has 0 heterocycles. The molecule has 100 valence electrons. The second-order valence-corrected chi connectivity index (χ2v) is 4.13. The molecule has 0 aliphatic rings. The first-order valence-corrected chi connectivity index (χ1v) is 5.90. The molecular weight excluding hydrogens is 242 g/mol. The molecule has 0 saturated heterocycles. The number of nitrogens with two attached hydrogens (primary N) is 1. The van der Waals surface area contributed by atoms with Crippen molar-refractivity contribution in [2.75, 3.05) is 20.0 Å². The molecule has 0 aromatic heterocycles. The van der Waals surface area contributed by atoms with Crippen molar-refractivity contribution in [2.24, 2.45) is 0 Å². The normalized spacial score (nSPS) is 10.1. The van der Waals surface area contributed by atoms with Crippen molar-refractivity contribution in [2.45, 2.75) is 6.92 Å². The molecule has 0 atom stereocenters. The molecule has 0 radical (unpaired) electrons. The maximum atomic E-state index is 5.97. The Morgan fingerprint density at radius 1 is 0.842 bits per heavy atom. The summed E-state index contributed by atoms with van der Waals surface area (Å²) in [6, 6.07) is 11.1. The van der Waals surface area contributed by atoms with Crippen molar-refractivity contribution in [1.29, 1.82) is 0 Å². The quantitative estimate of drug-likeness (QED) is 0.855. The van der Waals surface area contributed by atoms with Gasteiger partial charge in [0, 0.05) is 0 Å². The first-order chi connectivity index (χ1) is 9.15. The fraction of sp³-hybridized carbons (Fsp3) is 0.200. The number of methoxy groups -OCH3 is 2. The SMILES string of the molecule is COc1cc(C)ccc1Oc1cccc(OC)c1N. The minimum atomic E-state index is 0.465. The van der Waals surface area contributed by atoms with Crippen LogP contribution in [0.3, 0.4) is 0 Å². The molecule has 0 aliphatic heterocycles. The topological polar surface area (TPSA) is 53.7 Å². The highest BCUT2D eigenvalue weighted by Crippen LogP contribution is 2.38.